The van der Waals surface area contributed by atoms with Gasteiger partial charge < -0.3 is 10.4 Å². The Morgan fingerprint density at radius 1 is 1.33 bits per heavy atom. The molecule has 18 heavy (non-hydrogen) atoms. The maximum absolute atomic E-state index is 12.2. The predicted octanol–water partition coefficient (Wildman–Crippen LogP) is 1.89. The number of rotatable bonds is 3. The molecule has 0 aliphatic heterocycles. The van der Waals surface area contributed by atoms with Gasteiger partial charge in [-0.25, -0.2) is 0 Å². The monoisotopic (exact) mass is 263 g/mol. The minimum absolute atomic E-state index is 0.171. The third-order valence-corrected chi connectivity index (χ3v) is 4.27. The highest BCUT2D eigenvalue weighted by molar-refractivity contribution is 5.79. The van der Waals surface area contributed by atoms with E-state index in [0.717, 1.165) is 0 Å². The van der Waals surface area contributed by atoms with Crippen molar-refractivity contribution in [1.29, 1.82) is 0 Å². The lowest BCUT2D eigenvalue weighted by molar-refractivity contribution is -0.150. The van der Waals surface area contributed by atoms with Gasteiger partial charge in [-0.15, -0.1) is 0 Å². The summed E-state index contributed by atoms with van der Waals surface area (Å²) in [6.45, 7) is 5.40. The Kier molecular flexibility index (Phi) is 4.29. The number of halogens is 2. The van der Waals surface area contributed by atoms with Crippen molar-refractivity contribution in [1.82, 2.24) is 5.32 Å². The first-order valence-electron chi connectivity index (χ1n) is 5.99. The smallest absolute Gasteiger partial charge is 0.315 e. The first-order chi connectivity index (χ1) is 8.17. The number of hydrogen-bond acceptors (Lipinski definition) is 2. The molecule has 0 aromatic heterocycles. The summed E-state index contributed by atoms with van der Waals surface area (Å²) in [5, 5.41) is 11.4. The summed E-state index contributed by atoms with van der Waals surface area (Å²) in [6.07, 6.45) is -2.22. The van der Waals surface area contributed by atoms with Crippen LogP contribution < -0.4 is 5.32 Å². The molecule has 2 N–H and O–H groups in total. The average Bonchev–Trinajstić information content (AvgIpc) is 2.23. The van der Waals surface area contributed by atoms with Gasteiger partial charge in [0.1, 0.15) is 0 Å². The Bertz CT molecular complexity index is 344. The third-order valence-electron chi connectivity index (χ3n) is 4.27. The van der Waals surface area contributed by atoms with E-state index < -0.39 is 35.7 Å². The zero-order valence-corrected chi connectivity index (χ0v) is 10.7. The summed E-state index contributed by atoms with van der Waals surface area (Å²) >= 11 is 0. The largest absolute Gasteiger partial charge is 0.481 e. The lowest BCUT2D eigenvalue weighted by Gasteiger charge is -2.46. The van der Waals surface area contributed by atoms with Crippen molar-refractivity contribution in [3.8, 4) is 0 Å². The number of carbonyl (C=O) groups is 2. The molecule has 0 aromatic carbocycles. The zero-order valence-electron chi connectivity index (χ0n) is 10.7. The zero-order chi connectivity index (χ0) is 14.1. The van der Waals surface area contributed by atoms with Gasteiger partial charge in [-0.2, -0.15) is 8.78 Å². The fourth-order valence-corrected chi connectivity index (χ4v) is 2.69. The first-order valence-corrected chi connectivity index (χ1v) is 5.99. The van der Waals surface area contributed by atoms with Crippen molar-refractivity contribution in [2.24, 2.45) is 17.3 Å². The van der Waals surface area contributed by atoms with Crippen LogP contribution in [0.3, 0.4) is 0 Å². The van der Waals surface area contributed by atoms with Gasteiger partial charge in [0, 0.05) is 6.04 Å². The van der Waals surface area contributed by atoms with E-state index in [1.807, 2.05) is 0 Å². The Morgan fingerprint density at radius 3 is 2.33 bits per heavy atom. The molecule has 0 aromatic rings. The van der Waals surface area contributed by atoms with Gasteiger partial charge in [0.25, 0.3) is 5.91 Å². The number of carbonyl (C=O) groups excluding carboxylic acids is 1. The Hall–Kier alpha value is -1.20. The molecular formula is C12H19F2NO3. The first kappa shape index (κ1) is 14.9. The van der Waals surface area contributed by atoms with E-state index in [-0.39, 0.29) is 5.92 Å². The van der Waals surface area contributed by atoms with Crippen molar-refractivity contribution >= 4 is 11.9 Å². The van der Waals surface area contributed by atoms with Gasteiger partial charge >= 0.3 is 12.4 Å². The molecule has 0 bridgehead atoms. The second-order valence-electron chi connectivity index (χ2n) is 5.49. The summed E-state index contributed by atoms with van der Waals surface area (Å²) in [4.78, 5) is 22.2. The van der Waals surface area contributed by atoms with Gasteiger partial charge in [0.05, 0.1) is 5.92 Å². The summed E-state index contributed by atoms with van der Waals surface area (Å²) in [7, 11) is 0. The Balaban J connectivity index is 2.78. The van der Waals surface area contributed by atoms with Crippen molar-refractivity contribution < 1.29 is 23.5 Å². The highest BCUT2D eigenvalue weighted by Gasteiger charge is 2.46. The topological polar surface area (TPSA) is 66.4 Å². The fourth-order valence-electron chi connectivity index (χ4n) is 2.69. The molecule has 1 rings (SSSR count). The van der Waals surface area contributed by atoms with Crippen molar-refractivity contribution in [2.75, 3.05) is 0 Å². The summed E-state index contributed by atoms with van der Waals surface area (Å²) in [6, 6.07) is -0.392. The summed E-state index contributed by atoms with van der Waals surface area (Å²) in [5.74, 6) is -2.83. The molecule has 0 spiro atoms. The van der Waals surface area contributed by atoms with Crippen LogP contribution in [0.4, 0.5) is 8.78 Å². The molecule has 1 amide bonds. The highest BCUT2D eigenvalue weighted by Crippen LogP contribution is 2.45. The quantitative estimate of drug-likeness (QED) is 0.817. The fraction of sp³-hybridized carbons (Fsp3) is 0.833. The van der Waals surface area contributed by atoms with Gasteiger partial charge in [-0.1, -0.05) is 20.8 Å². The van der Waals surface area contributed by atoms with Crippen LogP contribution in [-0.4, -0.2) is 29.5 Å². The summed E-state index contributed by atoms with van der Waals surface area (Å²) < 4.78 is 24.4. The van der Waals surface area contributed by atoms with Crippen LogP contribution >= 0.6 is 0 Å². The van der Waals surface area contributed by atoms with E-state index in [2.05, 4.69) is 5.32 Å². The van der Waals surface area contributed by atoms with Crippen molar-refractivity contribution in [3.63, 3.8) is 0 Å². The van der Waals surface area contributed by atoms with Gasteiger partial charge in [0.2, 0.25) is 0 Å². The van der Waals surface area contributed by atoms with Gasteiger partial charge in [-0.05, 0) is 24.2 Å². The standard InChI is InChI=1S/C12H19F2NO3/c1-6-8(15-10(16)9(13)14)5-4-7(11(17)18)12(6,2)3/h6-9H,4-5H2,1-3H3,(H,15,16)(H,17,18). The SMILES string of the molecule is CC1C(NC(=O)C(F)F)CCC(C(=O)O)C1(C)C. The molecule has 1 aliphatic carbocycles. The lowest BCUT2D eigenvalue weighted by Crippen LogP contribution is -2.53. The number of alkyl halides is 2. The molecular weight excluding hydrogens is 244 g/mol. The van der Waals surface area contributed by atoms with Crippen LogP contribution in [0, 0.1) is 17.3 Å². The normalized spacial score (nSPS) is 31.1. The number of carboxylic acid groups (broad SMARTS) is 1. The van der Waals surface area contributed by atoms with E-state index in [0.29, 0.717) is 12.8 Å². The third kappa shape index (κ3) is 2.79. The minimum Gasteiger partial charge on any atom is -0.481 e. The van der Waals surface area contributed by atoms with Crippen LogP contribution in [0.1, 0.15) is 33.6 Å². The molecule has 4 nitrogen and oxygen atoms in total. The molecule has 3 unspecified atom stereocenters. The molecule has 0 radical (unpaired) electrons. The number of aliphatic carboxylic acids is 1. The van der Waals surface area contributed by atoms with E-state index in [9.17, 15) is 18.4 Å². The van der Waals surface area contributed by atoms with Crippen LogP contribution in [0.15, 0.2) is 0 Å². The molecule has 3 atom stereocenters. The molecule has 0 heterocycles. The van der Waals surface area contributed by atoms with E-state index in [1.54, 1.807) is 20.8 Å². The van der Waals surface area contributed by atoms with E-state index in [1.165, 1.54) is 0 Å². The molecule has 6 heteroatoms. The molecule has 1 fully saturated rings. The van der Waals surface area contributed by atoms with Crippen LogP contribution in [0.5, 0.6) is 0 Å². The maximum atomic E-state index is 12.2. The Morgan fingerprint density at radius 2 is 1.89 bits per heavy atom. The van der Waals surface area contributed by atoms with Crippen LogP contribution in [-0.2, 0) is 9.59 Å². The van der Waals surface area contributed by atoms with Crippen LogP contribution in [0.2, 0.25) is 0 Å². The number of hydrogen-bond donors (Lipinski definition) is 2. The molecule has 104 valence electrons. The lowest BCUT2D eigenvalue weighted by atomic mass is 9.61. The number of carboxylic acids is 1. The maximum Gasteiger partial charge on any atom is 0.315 e. The number of nitrogens with one attached hydrogen (secondary N) is 1. The average molecular weight is 263 g/mol. The second kappa shape index (κ2) is 5.20. The van der Waals surface area contributed by atoms with E-state index >= 15 is 0 Å². The number of amides is 1. The van der Waals surface area contributed by atoms with E-state index in [4.69, 9.17) is 5.11 Å². The van der Waals surface area contributed by atoms with Gasteiger partial charge in [-0.3, -0.25) is 9.59 Å². The molecule has 0 saturated heterocycles. The molecule has 1 aliphatic rings. The van der Waals surface area contributed by atoms with Crippen LogP contribution in [0.25, 0.3) is 0 Å². The predicted molar refractivity (Wildman–Crippen MR) is 61.2 cm³/mol. The highest BCUT2D eigenvalue weighted by atomic mass is 19.3. The van der Waals surface area contributed by atoms with Crippen molar-refractivity contribution in [3.05, 3.63) is 0 Å². The second-order valence-corrected chi connectivity index (χ2v) is 5.49. The van der Waals surface area contributed by atoms with Gasteiger partial charge in [0.15, 0.2) is 0 Å². The van der Waals surface area contributed by atoms with Crippen molar-refractivity contribution in [2.45, 2.75) is 46.1 Å². The minimum atomic E-state index is -3.03. The molecule has 1 saturated carbocycles. The summed E-state index contributed by atoms with van der Waals surface area (Å²) in [5.41, 5.74) is -0.538. The Labute approximate surface area is 105 Å².